The van der Waals surface area contributed by atoms with Crippen LogP contribution in [-0.4, -0.2) is 25.4 Å². The smallest absolute Gasteiger partial charge is 0.370 e. The molecule has 0 saturated carbocycles. The van der Waals surface area contributed by atoms with E-state index >= 15 is 0 Å². The van der Waals surface area contributed by atoms with Gasteiger partial charge in [-0.15, -0.1) is 0 Å². The van der Waals surface area contributed by atoms with E-state index in [1.165, 1.54) is 0 Å². The van der Waals surface area contributed by atoms with Crippen molar-refractivity contribution in [1.82, 2.24) is 0 Å². The van der Waals surface area contributed by atoms with Crippen molar-refractivity contribution in [2.45, 2.75) is 18.6 Å². The highest BCUT2D eigenvalue weighted by Gasteiger charge is 2.27. The molecule has 0 bridgehead atoms. The second-order valence-electron chi connectivity index (χ2n) is 3.72. The van der Waals surface area contributed by atoms with Crippen LogP contribution < -0.4 is 5.73 Å². The highest BCUT2D eigenvalue weighted by molar-refractivity contribution is 9.10. The summed E-state index contributed by atoms with van der Waals surface area (Å²) in [6, 6.07) is 7.03. The number of nitrogens with two attached hydrogens (primary N) is 1. The number of hydrogen-bond acceptors (Lipinski definition) is 2. The maximum Gasteiger partial charge on any atom is 0.411 e. The van der Waals surface area contributed by atoms with Crippen LogP contribution >= 0.6 is 15.9 Å². The van der Waals surface area contributed by atoms with Gasteiger partial charge >= 0.3 is 6.18 Å². The van der Waals surface area contributed by atoms with Gasteiger partial charge in [0.05, 0.1) is 6.61 Å². The van der Waals surface area contributed by atoms with Gasteiger partial charge in [0.1, 0.15) is 6.61 Å². The molecule has 0 radical (unpaired) electrons. The van der Waals surface area contributed by atoms with E-state index in [9.17, 15) is 13.2 Å². The Morgan fingerprint density at radius 2 is 1.82 bits per heavy atom. The van der Waals surface area contributed by atoms with E-state index in [4.69, 9.17) is 5.73 Å². The maximum atomic E-state index is 11.8. The van der Waals surface area contributed by atoms with Crippen LogP contribution in [0.2, 0.25) is 0 Å². The Morgan fingerprint density at radius 3 is 2.35 bits per heavy atom. The minimum absolute atomic E-state index is 0.102. The molecule has 1 atom stereocenters. The number of alkyl halides is 3. The molecule has 0 heterocycles. The molecule has 6 heteroatoms. The first-order valence-corrected chi connectivity index (χ1v) is 5.80. The monoisotopic (exact) mass is 311 g/mol. The maximum absolute atomic E-state index is 11.8. The molecule has 1 aromatic carbocycles. The van der Waals surface area contributed by atoms with Gasteiger partial charge in [-0.3, -0.25) is 0 Å². The van der Waals surface area contributed by atoms with Crippen LogP contribution in [0.4, 0.5) is 13.2 Å². The summed E-state index contributed by atoms with van der Waals surface area (Å²) in [6.45, 7) is -1.35. The molecule has 96 valence electrons. The summed E-state index contributed by atoms with van der Waals surface area (Å²) in [5, 5.41) is 0. The van der Waals surface area contributed by atoms with Crippen LogP contribution in [0.3, 0.4) is 0 Å². The Labute approximate surface area is 106 Å². The average Bonchev–Trinajstić information content (AvgIpc) is 2.19. The van der Waals surface area contributed by atoms with Crippen LogP contribution in [0, 0.1) is 0 Å². The second-order valence-corrected chi connectivity index (χ2v) is 4.64. The molecule has 17 heavy (non-hydrogen) atoms. The van der Waals surface area contributed by atoms with Gasteiger partial charge < -0.3 is 10.5 Å². The van der Waals surface area contributed by atoms with Gasteiger partial charge in [-0.2, -0.15) is 13.2 Å². The van der Waals surface area contributed by atoms with Crippen molar-refractivity contribution in [3.63, 3.8) is 0 Å². The Morgan fingerprint density at radius 1 is 1.24 bits per heavy atom. The van der Waals surface area contributed by atoms with Crippen LogP contribution in [0.25, 0.3) is 0 Å². The van der Waals surface area contributed by atoms with Crippen molar-refractivity contribution >= 4 is 15.9 Å². The normalized spacial score (nSPS) is 13.7. The predicted molar refractivity (Wildman–Crippen MR) is 62.7 cm³/mol. The van der Waals surface area contributed by atoms with Crippen molar-refractivity contribution < 1.29 is 17.9 Å². The molecule has 0 aliphatic carbocycles. The van der Waals surface area contributed by atoms with Crippen molar-refractivity contribution in [1.29, 1.82) is 0 Å². The number of rotatable bonds is 5. The first-order valence-electron chi connectivity index (χ1n) is 5.01. The molecule has 1 unspecified atom stereocenters. The average molecular weight is 312 g/mol. The first-order chi connectivity index (χ1) is 7.87. The van der Waals surface area contributed by atoms with Gasteiger partial charge in [-0.25, -0.2) is 0 Å². The van der Waals surface area contributed by atoms with Gasteiger partial charge in [-0.05, 0) is 24.1 Å². The SMILES string of the molecule is NC(COCC(F)(F)F)Cc1ccc(Br)cc1. The molecule has 0 aliphatic rings. The van der Waals surface area contributed by atoms with Gasteiger partial charge in [0.15, 0.2) is 0 Å². The summed E-state index contributed by atoms with van der Waals surface area (Å²) in [7, 11) is 0. The number of hydrogen-bond donors (Lipinski definition) is 1. The molecule has 0 amide bonds. The zero-order valence-electron chi connectivity index (χ0n) is 9.01. The Balaban J connectivity index is 2.30. The quantitative estimate of drug-likeness (QED) is 0.907. The lowest BCUT2D eigenvalue weighted by molar-refractivity contribution is -0.174. The summed E-state index contributed by atoms with van der Waals surface area (Å²) in [5.41, 5.74) is 6.64. The Bertz CT molecular complexity index is 340. The topological polar surface area (TPSA) is 35.2 Å². The first kappa shape index (κ1) is 14.5. The minimum Gasteiger partial charge on any atom is -0.370 e. The molecule has 0 fully saturated rings. The summed E-state index contributed by atoms with van der Waals surface area (Å²) < 4.78 is 40.9. The van der Waals surface area contributed by atoms with Crippen LogP contribution in [0.15, 0.2) is 28.7 Å². The molecular weight excluding hydrogens is 299 g/mol. The van der Waals surface area contributed by atoms with E-state index in [1.807, 2.05) is 24.3 Å². The lowest BCUT2D eigenvalue weighted by Gasteiger charge is -2.13. The second kappa shape index (κ2) is 6.37. The summed E-state index contributed by atoms with van der Waals surface area (Å²) in [6.07, 6.45) is -3.80. The number of benzene rings is 1. The summed E-state index contributed by atoms with van der Waals surface area (Å²) >= 11 is 3.29. The van der Waals surface area contributed by atoms with E-state index in [1.54, 1.807) is 0 Å². The Kier molecular flexibility index (Phi) is 5.42. The highest BCUT2D eigenvalue weighted by Crippen LogP contribution is 2.15. The molecule has 1 rings (SSSR count). The van der Waals surface area contributed by atoms with Crippen LogP contribution in [0.5, 0.6) is 0 Å². The van der Waals surface area contributed by atoms with Crippen molar-refractivity contribution in [3.8, 4) is 0 Å². The largest absolute Gasteiger partial charge is 0.411 e. The highest BCUT2D eigenvalue weighted by atomic mass is 79.9. The van der Waals surface area contributed by atoms with Crippen LogP contribution in [0.1, 0.15) is 5.56 Å². The molecular formula is C11H13BrF3NO. The van der Waals surface area contributed by atoms with Gasteiger partial charge in [0.25, 0.3) is 0 Å². The standard InChI is InChI=1S/C11H13BrF3NO/c12-9-3-1-8(2-4-9)5-10(16)6-17-7-11(13,14)15/h1-4,10H,5-7,16H2. The molecule has 0 spiro atoms. The number of ether oxygens (including phenoxy) is 1. The van der Waals surface area contributed by atoms with Gasteiger partial charge in [0.2, 0.25) is 0 Å². The zero-order chi connectivity index (χ0) is 12.9. The summed E-state index contributed by atoms with van der Waals surface area (Å²) in [5.74, 6) is 0. The third-order valence-corrected chi connectivity index (χ3v) is 2.54. The predicted octanol–water partition coefficient (Wildman–Crippen LogP) is 2.90. The lowest BCUT2D eigenvalue weighted by Crippen LogP contribution is -2.31. The van der Waals surface area contributed by atoms with E-state index in [0.717, 1.165) is 10.0 Å². The molecule has 0 aliphatic heterocycles. The van der Waals surface area contributed by atoms with Crippen molar-refractivity contribution in [2.75, 3.05) is 13.2 Å². The van der Waals surface area contributed by atoms with Crippen molar-refractivity contribution in [3.05, 3.63) is 34.3 Å². The molecule has 2 N–H and O–H groups in total. The van der Waals surface area contributed by atoms with E-state index in [2.05, 4.69) is 20.7 Å². The third kappa shape index (κ3) is 6.65. The van der Waals surface area contributed by atoms with E-state index < -0.39 is 18.8 Å². The van der Waals surface area contributed by atoms with E-state index in [0.29, 0.717) is 6.42 Å². The Hall–Kier alpha value is -0.590. The van der Waals surface area contributed by atoms with E-state index in [-0.39, 0.29) is 6.61 Å². The molecule has 0 saturated heterocycles. The lowest BCUT2D eigenvalue weighted by atomic mass is 10.1. The molecule has 2 nitrogen and oxygen atoms in total. The third-order valence-electron chi connectivity index (χ3n) is 2.01. The van der Waals surface area contributed by atoms with Crippen molar-refractivity contribution in [2.24, 2.45) is 5.73 Å². The summed E-state index contributed by atoms with van der Waals surface area (Å²) in [4.78, 5) is 0. The molecule has 0 aromatic heterocycles. The zero-order valence-corrected chi connectivity index (χ0v) is 10.6. The van der Waals surface area contributed by atoms with Crippen LogP contribution in [-0.2, 0) is 11.2 Å². The van der Waals surface area contributed by atoms with Gasteiger partial charge in [-0.1, -0.05) is 28.1 Å². The number of halogens is 4. The molecule has 1 aromatic rings. The van der Waals surface area contributed by atoms with Gasteiger partial charge in [0, 0.05) is 10.5 Å². The minimum atomic E-state index is -4.29. The fraction of sp³-hybridized carbons (Fsp3) is 0.455. The fourth-order valence-electron chi connectivity index (χ4n) is 1.31. The fourth-order valence-corrected chi connectivity index (χ4v) is 1.57.